The Morgan fingerprint density at radius 2 is 1.96 bits per heavy atom. The standard InChI is InChI=1S/C20H27N7O/c1-14-13-15(2)24-20(23-14)25-19-18(21-9-10-22-19)16-7-5-12-27(16)17(28)8-6-11-26(3)4/h6,8-10,13,16H,5,7,11-12H2,1-4H3,(H,22,23,24,25)/b8-6+/t16-/m1/s1. The number of amides is 1. The second kappa shape index (κ2) is 8.88. The third-order valence-corrected chi connectivity index (χ3v) is 4.52. The average molecular weight is 381 g/mol. The van der Waals surface area contributed by atoms with Gasteiger partial charge in [-0.05, 0) is 46.9 Å². The number of likely N-dealkylation sites (tertiary alicyclic amines) is 1. The molecule has 3 rings (SSSR count). The van der Waals surface area contributed by atoms with Crippen molar-refractivity contribution in [3.63, 3.8) is 0 Å². The number of anilines is 2. The maximum absolute atomic E-state index is 12.7. The topological polar surface area (TPSA) is 87.1 Å². The van der Waals surface area contributed by atoms with Crippen molar-refractivity contribution in [2.75, 3.05) is 32.5 Å². The van der Waals surface area contributed by atoms with E-state index < -0.39 is 0 Å². The van der Waals surface area contributed by atoms with E-state index in [1.54, 1.807) is 18.5 Å². The molecule has 0 saturated carbocycles. The first-order valence-electron chi connectivity index (χ1n) is 9.46. The Kier molecular flexibility index (Phi) is 6.30. The highest BCUT2D eigenvalue weighted by Gasteiger charge is 2.32. The minimum Gasteiger partial charge on any atom is -0.330 e. The van der Waals surface area contributed by atoms with E-state index in [4.69, 9.17) is 0 Å². The minimum absolute atomic E-state index is 0.00334. The molecule has 1 atom stereocenters. The smallest absolute Gasteiger partial charge is 0.246 e. The number of aryl methyl sites for hydroxylation is 2. The Morgan fingerprint density at radius 3 is 2.68 bits per heavy atom. The highest BCUT2D eigenvalue weighted by atomic mass is 16.2. The number of nitrogens with one attached hydrogen (secondary N) is 1. The maximum Gasteiger partial charge on any atom is 0.246 e. The van der Waals surface area contributed by atoms with E-state index >= 15 is 0 Å². The van der Waals surface area contributed by atoms with Crippen molar-refractivity contribution in [1.29, 1.82) is 0 Å². The maximum atomic E-state index is 12.7. The van der Waals surface area contributed by atoms with Gasteiger partial charge in [-0.25, -0.2) is 15.0 Å². The molecular weight excluding hydrogens is 354 g/mol. The van der Waals surface area contributed by atoms with Crippen molar-refractivity contribution in [2.45, 2.75) is 32.7 Å². The van der Waals surface area contributed by atoms with Crippen molar-refractivity contribution in [3.05, 3.63) is 47.7 Å². The Bertz CT molecular complexity index is 845. The molecule has 1 aliphatic heterocycles. The van der Waals surface area contributed by atoms with Gasteiger partial charge in [0.1, 0.15) is 5.69 Å². The predicted octanol–water partition coefficient (Wildman–Crippen LogP) is 2.41. The van der Waals surface area contributed by atoms with Crippen molar-refractivity contribution in [2.24, 2.45) is 0 Å². The fourth-order valence-electron chi connectivity index (χ4n) is 3.35. The van der Waals surface area contributed by atoms with Crippen molar-refractivity contribution in [1.82, 2.24) is 29.7 Å². The number of aromatic nitrogens is 4. The Hall–Kier alpha value is -2.87. The third kappa shape index (κ3) is 4.89. The first kappa shape index (κ1) is 19.9. The summed E-state index contributed by atoms with van der Waals surface area (Å²) >= 11 is 0. The zero-order chi connectivity index (χ0) is 20.1. The molecule has 0 aromatic carbocycles. The number of likely N-dealkylation sites (N-methyl/N-ethyl adjacent to an activating group) is 1. The molecular formula is C20H27N7O. The van der Waals surface area contributed by atoms with Crippen LogP contribution in [0.15, 0.2) is 30.6 Å². The molecule has 8 nitrogen and oxygen atoms in total. The number of carbonyl (C=O) groups excluding carboxylic acids is 1. The molecule has 0 radical (unpaired) electrons. The zero-order valence-corrected chi connectivity index (χ0v) is 16.9. The Balaban J connectivity index is 1.82. The van der Waals surface area contributed by atoms with Crippen LogP contribution in [0.4, 0.5) is 11.8 Å². The van der Waals surface area contributed by atoms with Gasteiger partial charge in [0.2, 0.25) is 11.9 Å². The molecule has 1 fully saturated rings. The lowest BCUT2D eigenvalue weighted by Crippen LogP contribution is -2.30. The summed E-state index contributed by atoms with van der Waals surface area (Å²) in [5.41, 5.74) is 2.50. The highest BCUT2D eigenvalue weighted by molar-refractivity contribution is 5.88. The molecule has 28 heavy (non-hydrogen) atoms. The van der Waals surface area contributed by atoms with Gasteiger partial charge in [0.15, 0.2) is 5.82 Å². The molecule has 1 aliphatic rings. The first-order valence-corrected chi connectivity index (χ1v) is 9.46. The molecule has 8 heteroatoms. The second-order valence-corrected chi connectivity index (χ2v) is 7.24. The zero-order valence-electron chi connectivity index (χ0n) is 16.9. The van der Waals surface area contributed by atoms with Gasteiger partial charge in [-0.15, -0.1) is 0 Å². The van der Waals surface area contributed by atoms with E-state index in [2.05, 4.69) is 25.3 Å². The Labute approximate surface area is 165 Å². The minimum atomic E-state index is -0.112. The van der Waals surface area contributed by atoms with E-state index in [0.29, 0.717) is 18.3 Å². The van der Waals surface area contributed by atoms with Crippen LogP contribution in [0.3, 0.4) is 0 Å². The van der Waals surface area contributed by atoms with Gasteiger partial charge in [0.05, 0.1) is 6.04 Å². The van der Waals surface area contributed by atoms with Crippen LogP contribution >= 0.6 is 0 Å². The monoisotopic (exact) mass is 381 g/mol. The first-order chi connectivity index (χ1) is 13.4. The molecule has 0 bridgehead atoms. The van der Waals surface area contributed by atoms with Gasteiger partial charge in [-0.3, -0.25) is 9.78 Å². The molecule has 1 amide bonds. The summed E-state index contributed by atoms with van der Waals surface area (Å²) in [5, 5.41) is 3.19. The van der Waals surface area contributed by atoms with Crippen LogP contribution in [-0.4, -0.2) is 62.8 Å². The molecule has 148 valence electrons. The summed E-state index contributed by atoms with van der Waals surface area (Å²) in [6.07, 6.45) is 8.62. The van der Waals surface area contributed by atoms with Crippen molar-refractivity contribution < 1.29 is 4.79 Å². The lowest BCUT2D eigenvalue weighted by Gasteiger charge is -2.24. The Morgan fingerprint density at radius 1 is 1.25 bits per heavy atom. The number of hydrogen-bond donors (Lipinski definition) is 1. The fraction of sp³-hybridized carbons (Fsp3) is 0.450. The average Bonchev–Trinajstić information content (AvgIpc) is 3.10. The molecule has 0 unspecified atom stereocenters. The molecule has 2 aromatic rings. The molecule has 1 N–H and O–H groups in total. The number of carbonyl (C=O) groups is 1. The highest BCUT2D eigenvalue weighted by Crippen LogP contribution is 2.34. The van der Waals surface area contributed by atoms with Crippen molar-refractivity contribution in [3.8, 4) is 0 Å². The number of nitrogens with zero attached hydrogens (tertiary/aromatic N) is 6. The largest absolute Gasteiger partial charge is 0.330 e. The third-order valence-electron chi connectivity index (χ3n) is 4.52. The van der Waals surface area contributed by atoms with Crippen LogP contribution in [0.5, 0.6) is 0 Å². The van der Waals surface area contributed by atoms with Gasteiger partial charge in [0, 0.05) is 42.9 Å². The van der Waals surface area contributed by atoms with Crippen molar-refractivity contribution >= 4 is 17.7 Å². The van der Waals surface area contributed by atoms with Gasteiger partial charge in [-0.2, -0.15) is 0 Å². The quantitative estimate of drug-likeness (QED) is 0.769. The lowest BCUT2D eigenvalue weighted by molar-refractivity contribution is -0.127. The molecule has 1 saturated heterocycles. The molecule has 3 heterocycles. The SMILES string of the molecule is Cc1cc(C)nc(Nc2nccnc2[C@H]2CCCN2C(=O)/C=C/CN(C)C)n1. The normalized spacial score (nSPS) is 16.9. The summed E-state index contributed by atoms with van der Waals surface area (Å²) < 4.78 is 0. The summed E-state index contributed by atoms with van der Waals surface area (Å²) in [6, 6.07) is 1.80. The number of hydrogen-bond acceptors (Lipinski definition) is 7. The van der Waals surface area contributed by atoms with Crippen LogP contribution in [0.2, 0.25) is 0 Å². The van der Waals surface area contributed by atoms with E-state index in [0.717, 1.165) is 36.5 Å². The van der Waals surface area contributed by atoms with Crippen LogP contribution in [-0.2, 0) is 4.79 Å². The summed E-state index contributed by atoms with van der Waals surface area (Å²) in [7, 11) is 3.94. The van der Waals surface area contributed by atoms with Crippen LogP contribution in [0, 0.1) is 13.8 Å². The lowest BCUT2D eigenvalue weighted by atomic mass is 10.1. The summed E-state index contributed by atoms with van der Waals surface area (Å²) in [4.78, 5) is 34.4. The van der Waals surface area contributed by atoms with Gasteiger partial charge in [0.25, 0.3) is 0 Å². The van der Waals surface area contributed by atoms with Crippen LogP contribution in [0.1, 0.15) is 36.0 Å². The fourth-order valence-corrected chi connectivity index (χ4v) is 3.35. The molecule has 2 aromatic heterocycles. The number of rotatable bonds is 6. The molecule has 0 spiro atoms. The van der Waals surface area contributed by atoms with E-state index in [1.165, 1.54) is 0 Å². The second-order valence-electron chi connectivity index (χ2n) is 7.24. The van der Waals surface area contributed by atoms with E-state index in [9.17, 15) is 4.79 Å². The predicted molar refractivity (Wildman–Crippen MR) is 108 cm³/mol. The van der Waals surface area contributed by atoms with Crippen LogP contribution in [0.25, 0.3) is 0 Å². The summed E-state index contributed by atoms with van der Waals surface area (Å²) in [6.45, 7) is 5.29. The van der Waals surface area contributed by atoms with Gasteiger partial charge < -0.3 is 15.1 Å². The molecule has 0 aliphatic carbocycles. The van der Waals surface area contributed by atoms with Gasteiger partial charge >= 0.3 is 0 Å². The van der Waals surface area contributed by atoms with Gasteiger partial charge in [-0.1, -0.05) is 6.08 Å². The summed E-state index contributed by atoms with van der Waals surface area (Å²) in [5.74, 6) is 1.08. The van der Waals surface area contributed by atoms with E-state index in [1.807, 2.05) is 49.9 Å². The van der Waals surface area contributed by atoms with Crippen LogP contribution < -0.4 is 5.32 Å². The van der Waals surface area contributed by atoms with E-state index in [-0.39, 0.29) is 11.9 Å².